The van der Waals surface area contributed by atoms with E-state index in [9.17, 15) is 13.2 Å². The van der Waals surface area contributed by atoms with Crippen molar-refractivity contribution >= 4 is 67.6 Å². The molecule has 3 aromatic heterocycles. The molecule has 4 N–H and O–H groups in total. The molecule has 206 valence electrons. The molecule has 1 aliphatic heterocycles. The summed E-state index contributed by atoms with van der Waals surface area (Å²) in [6.07, 6.45) is 7.87. The predicted molar refractivity (Wildman–Crippen MR) is 151 cm³/mol. The second-order valence-electron chi connectivity index (χ2n) is 8.81. The van der Waals surface area contributed by atoms with E-state index in [0.717, 1.165) is 36.3 Å². The van der Waals surface area contributed by atoms with Crippen molar-refractivity contribution in [3.8, 4) is 11.1 Å². The fourth-order valence-corrected chi connectivity index (χ4v) is 5.76. The van der Waals surface area contributed by atoms with Crippen molar-refractivity contribution in [3.63, 3.8) is 0 Å². The van der Waals surface area contributed by atoms with Crippen molar-refractivity contribution in [2.24, 2.45) is 0 Å². The van der Waals surface area contributed by atoms with Crippen molar-refractivity contribution in [2.45, 2.75) is 25.8 Å². The zero-order chi connectivity index (χ0) is 28.0. The molecule has 1 fully saturated rings. The maximum atomic E-state index is 13.1. The number of anilines is 2. The van der Waals surface area contributed by atoms with Crippen molar-refractivity contribution < 1.29 is 23.1 Å². The summed E-state index contributed by atoms with van der Waals surface area (Å²) in [6.45, 7) is 2.63. The first-order valence-electron chi connectivity index (χ1n) is 11.8. The smallest absolute Gasteiger partial charge is 0.290 e. The van der Waals surface area contributed by atoms with Gasteiger partial charge >= 0.3 is 0 Å². The van der Waals surface area contributed by atoms with Crippen LogP contribution in [0.4, 0.5) is 11.4 Å². The highest BCUT2D eigenvalue weighted by Crippen LogP contribution is 2.33. The Bertz CT molecular complexity index is 1580. The minimum absolute atomic E-state index is 0.0317. The van der Waals surface area contributed by atoms with E-state index >= 15 is 0 Å². The van der Waals surface area contributed by atoms with Gasteiger partial charge in [-0.05, 0) is 49.7 Å². The number of carbonyl (C=O) groups excluding carboxylic acids is 1. The molecular formula is C24H26ClN7O5S2. The largest absolute Gasteiger partial charge is 0.483 e. The summed E-state index contributed by atoms with van der Waals surface area (Å²) >= 11 is 7.56. The van der Waals surface area contributed by atoms with E-state index < -0.39 is 10.0 Å². The molecule has 15 heteroatoms. The Morgan fingerprint density at radius 3 is 2.62 bits per heavy atom. The maximum Gasteiger partial charge on any atom is 0.290 e. The van der Waals surface area contributed by atoms with Gasteiger partial charge in [-0.1, -0.05) is 18.0 Å². The minimum Gasteiger partial charge on any atom is -0.483 e. The zero-order valence-corrected chi connectivity index (χ0v) is 23.2. The second kappa shape index (κ2) is 12.5. The van der Waals surface area contributed by atoms with E-state index in [0.29, 0.717) is 28.0 Å². The average molecular weight is 592 g/mol. The molecule has 4 aromatic rings. The van der Waals surface area contributed by atoms with Crippen molar-refractivity contribution in [3.05, 3.63) is 51.8 Å². The summed E-state index contributed by atoms with van der Waals surface area (Å²) in [5.74, 6) is -0.315. The number of thiazole rings is 1. The lowest BCUT2D eigenvalue weighted by Crippen LogP contribution is -2.29. The number of halogens is 1. The summed E-state index contributed by atoms with van der Waals surface area (Å²) in [7, 11) is -3.54. The van der Waals surface area contributed by atoms with Crippen LogP contribution >= 0.6 is 22.9 Å². The monoisotopic (exact) mass is 591 g/mol. The molecule has 0 saturated carbocycles. The maximum absolute atomic E-state index is 13.1. The second-order valence-corrected chi connectivity index (χ2v) is 11.9. The third-order valence-corrected chi connectivity index (χ3v) is 7.59. The van der Waals surface area contributed by atoms with Gasteiger partial charge in [0.05, 0.1) is 35.9 Å². The number of nitrogens with zero attached hydrogens (tertiary/aromatic N) is 4. The van der Waals surface area contributed by atoms with Gasteiger partial charge in [0, 0.05) is 22.5 Å². The molecule has 12 nitrogen and oxygen atoms in total. The number of sulfonamides is 1. The van der Waals surface area contributed by atoms with E-state index in [2.05, 4.69) is 35.1 Å². The molecule has 39 heavy (non-hydrogen) atoms. The van der Waals surface area contributed by atoms with Crippen LogP contribution in [-0.4, -0.2) is 70.3 Å². The van der Waals surface area contributed by atoms with Crippen molar-refractivity contribution in [1.82, 2.24) is 25.1 Å². The first kappa shape index (κ1) is 28.4. The van der Waals surface area contributed by atoms with Crippen molar-refractivity contribution in [2.75, 3.05) is 29.4 Å². The van der Waals surface area contributed by atoms with Gasteiger partial charge in [0.1, 0.15) is 10.7 Å². The van der Waals surface area contributed by atoms with E-state index in [4.69, 9.17) is 21.5 Å². The first-order chi connectivity index (χ1) is 18.7. The van der Waals surface area contributed by atoms with Crippen LogP contribution < -0.4 is 10.0 Å². The quantitative estimate of drug-likeness (QED) is 0.183. The van der Waals surface area contributed by atoms with Crippen LogP contribution in [0.25, 0.3) is 22.0 Å². The number of carbonyl (C=O) groups is 2. The van der Waals surface area contributed by atoms with Gasteiger partial charge in [0.25, 0.3) is 12.4 Å². The summed E-state index contributed by atoms with van der Waals surface area (Å²) in [6, 6.07) is 5.21. The molecule has 0 radical (unpaired) electrons. The third kappa shape index (κ3) is 7.50. The van der Waals surface area contributed by atoms with Crippen LogP contribution in [0.3, 0.4) is 0 Å². The molecule has 0 bridgehead atoms. The molecule has 0 aliphatic carbocycles. The van der Waals surface area contributed by atoms with Crippen LogP contribution in [-0.2, 0) is 21.4 Å². The highest BCUT2D eigenvalue weighted by Gasteiger charge is 2.18. The van der Waals surface area contributed by atoms with Gasteiger partial charge in [0.2, 0.25) is 10.0 Å². The summed E-state index contributed by atoms with van der Waals surface area (Å²) < 4.78 is 25.8. The number of hydrogen-bond acceptors (Lipinski definition) is 9. The Kier molecular flexibility index (Phi) is 9.12. The number of amides is 1. The predicted octanol–water partition coefficient (Wildman–Crippen LogP) is 4.05. The highest BCUT2D eigenvalue weighted by molar-refractivity contribution is 7.92. The van der Waals surface area contributed by atoms with Gasteiger partial charge in [-0.15, -0.1) is 11.3 Å². The number of benzene rings is 1. The number of rotatable bonds is 7. The highest BCUT2D eigenvalue weighted by atomic mass is 35.5. The fraction of sp³-hybridized carbons (Fsp3) is 0.292. The molecule has 5 rings (SSSR count). The fourth-order valence-electron chi connectivity index (χ4n) is 4.18. The molecular weight excluding hydrogens is 566 g/mol. The number of piperidine rings is 1. The van der Waals surface area contributed by atoms with Crippen molar-refractivity contribution in [1.29, 1.82) is 0 Å². The first-order valence-corrected chi connectivity index (χ1v) is 15.0. The Hall–Kier alpha value is -3.59. The molecule has 0 spiro atoms. The Morgan fingerprint density at radius 1 is 1.18 bits per heavy atom. The van der Waals surface area contributed by atoms with Crippen LogP contribution in [0.1, 0.15) is 34.8 Å². The topological polar surface area (TPSA) is 170 Å². The van der Waals surface area contributed by atoms with E-state index in [1.165, 1.54) is 36.8 Å². The van der Waals surface area contributed by atoms with Gasteiger partial charge in [-0.3, -0.25) is 24.3 Å². The number of fused-ring (bicyclic) bond motifs is 1. The van der Waals surface area contributed by atoms with Gasteiger partial charge in [0.15, 0.2) is 5.15 Å². The number of pyridine rings is 1. The molecule has 1 amide bonds. The number of H-pyrrole nitrogens is 1. The van der Waals surface area contributed by atoms with Crippen LogP contribution in [0.2, 0.25) is 5.15 Å². The number of likely N-dealkylation sites (tertiary alicyclic amines) is 1. The Morgan fingerprint density at radius 2 is 1.90 bits per heavy atom. The number of aromatic nitrogens is 4. The van der Waals surface area contributed by atoms with Crippen LogP contribution in [0.15, 0.2) is 36.0 Å². The standard InChI is InChI=1S/C23H24ClN7O3S2.CH2O2/c1-36(33,34)30-19-9-15(10-25-22(19)24)14-7-17(16-11-26-29-18(16)8-14)28-23(32)20-13-35-21(27-20)12-31-5-3-2-4-6-31;2-1-3/h7-11,13,30H,2-6,12H2,1H3,(H,26,29)(H,28,32);1H,(H,2,3). The van der Waals surface area contributed by atoms with E-state index in [-0.39, 0.29) is 23.2 Å². The zero-order valence-electron chi connectivity index (χ0n) is 20.8. The summed E-state index contributed by atoms with van der Waals surface area (Å²) in [5, 5.41) is 20.3. The molecule has 1 aromatic carbocycles. The van der Waals surface area contributed by atoms with E-state index in [1.807, 2.05) is 6.07 Å². The summed E-state index contributed by atoms with van der Waals surface area (Å²) in [5.41, 5.74) is 3.05. The molecule has 1 saturated heterocycles. The van der Waals surface area contributed by atoms with Gasteiger partial charge in [-0.25, -0.2) is 18.4 Å². The Balaban J connectivity index is 0.00000112. The van der Waals surface area contributed by atoms with Gasteiger partial charge < -0.3 is 10.4 Å². The Labute approximate surface area is 233 Å². The minimum atomic E-state index is -3.54. The van der Waals surface area contributed by atoms with Crippen LogP contribution in [0.5, 0.6) is 0 Å². The number of hydrogen-bond donors (Lipinski definition) is 4. The average Bonchev–Trinajstić information content (AvgIpc) is 3.56. The molecule has 4 heterocycles. The lowest BCUT2D eigenvalue weighted by atomic mass is 10.0. The number of aromatic amines is 1. The normalized spacial score (nSPS) is 13.9. The number of carboxylic acid groups (broad SMARTS) is 1. The van der Waals surface area contributed by atoms with E-state index in [1.54, 1.807) is 23.7 Å². The van der Waals surface area contributed by atoms with Crippen LogP contribution in [0, 0.1) is 0 Å². The molecule has 0 atom stereocenters. The number of nitrogens with one attached hydrogen (secondary N) is 3. The summed E-state index contributed by atoms with van der Waals surface area (Å²) in [4.78, 5) is 32.5. The van der Waals surface area contributed by atoms with Gasteiger partial charge in [-0.2, -0.15) is 5.10 Å². The molecule has 0 unspecified atom stereocenters. The molecule has 1 aliphatic rings. The lowest BCUT2D eigenvalue weighted by molar-refractivity contribution is -0.122. The SMILES string of the molecule is CS(=O)(=O)Nc1cc(-c2cc(NC(=O)c3csc(CN4CCCCC4)n3)c3cn[nH]c3c2)cnc1Cl.O=CO. The third-order valence-electron chi connectivity index (χ3n) is 5.87. The lowest BCUT2D eigenvalue weighted by Gasteiger charge is -2.25.